The summed E-state index contributed by atoms with van der Waals surface area (Å²) in [6, 6.07) is 16.1. The summed E-state index contributed by atoms with van der Waals surface area (Å²) < 4.78 is 1.84. The highest BCUT2D eigenvalue weighted by molar-refractivity contribution is 6.30. The van der Waals surface area contributed by atoms with E-state index in [1.54, 1.807) is 36.4 Å². The van der Waals surface area contributed by atoms with Crippen molar-refractivity contribution in [2.45, 2.75) is 25.8 Å². The average Bonchev–Trinajstić information content (AvgIpc) is 3.34. The fourth-order valence-electron chi connectivity index (χ4n) is 4.78. The van der Waals surface area contributed by atoms with E-state index in [2.05, 4.69) is 20.5 Å². The number of carbonyl (C=O) groups is 2. The van der Waals surface area contributed by atoms with Gasteiger partial charge in [0.15, 0.2) is 5.88 Å². The van der Waals surface area contributed by atoms with Crippen LogP contribution in [0.15, 0.2) is 73.1 Å². The molecule has 1 aliphatic heterocycles. The zero-order valence-corrected chi connectivity index (χ0v) is 22.6. The van der Waals surface area contributed by atoms with Crippen LogP contribution in [0.4, 0.5) is 11.5 Å². The number of likely N-dealkylation sites (tertiary alicyclic amines) is 1. The van der Waals surface area contributed by atoms with E-state index in [1.807, 2.05) is 16.8 Å². The first-order valence-electron chi connectivity index (χ1n) is 13.2. The molecule has 0 radical (unpaired) electrons. The summed E-state index contributed by atoms with van der Waals surface area (Å²) >= 11 is 5.85. The number of carbonyl (C=O) groups excluding carboxylic acids is 2. The molecule has 0 atom stereocenters. The fraction of sp³-hybridized carbons (Fsp3) is 0.233. The second kappa shape index (κ2) is 12.2. The molecule has 1 aliphatic rings. The van der Waals surface area contributed by atoms with Crippen LogP contribution in [0.2, 0.25) is 5.02 Å². The standard InChI is InChI=1S/C30H30ClN5O4/c31-22-11-12-26(32-19-22)33-29(39)24-5-4-6-25(37)27(24)34-28(38)21-9-7-20(8-10-21)23-13-16-36(30(23)40)18-17-35-14-2-1-3-15-35/h4-13,16,19,37,40H,1-3,14-15,17-18H2,(H,34,38)(H,32,33,39). The number of aromatic nitrogens is 2. The second-order valence-electron chi connectivity index (χ2n) is 9.70. The largest absolute Gasteiger partial charge is 0.506 e. The first-order chi connectivity index (χ1) is 19.4. The maximum Gasteiger partial charge on any atom is 0.259 e. The first kappa shape index (κ1) is 27.2. The number of amides is 2. The van der Waals surface area contributed by atoms with E-state index in [9.17, 15) is 19.8 Å². The van der Waals surface area contributed by atoms with Crippen LogP contribution >= 0.6 is 11.6 Å². The van der Waals surface area contributed by atoms with Crippen molar-refractivity contribution in [2.24, 2.45) is 0 Å². The summed E-state index contributed by atoms with van der Waals surface area (Å²) in [6.07, 6.45) is 7.01. The van der Waals surface area contributed by atoms with Gasteiger partial charge in [-0.15, -0.1) is 0 Å². The Kier molecular flexibility index (Phi) is 8.33. The number of anilines is 2. The molecule has 0 saturated carbocycles. The molecule has 4 N–H and O–H groups in total. The van der Waals surface area contributed by atoms with Gasteiger partial charge in [-0.3, -0.25) is 9.59 Å². The van der Waals surface area contributed by atoms with Gasteiger partial charge in [0.25, 0.3) is 11.8 Å². The molecule has 4 aromatic rings. The Hall–Kier alpha value is -4.34. The minimum absolute atomic E-state index is 0.0218. The molecule has 1 fully saturated rings. The third kappa shape index (κ3) is 6.27. The van der Waals surface area contributed by atoms with Crippen molar-refractivity contribution in [1.82, 2.24) is 14.5 Å². The molecule has 9 nitrogen and oxygen atoms in total. The lowest BCUT2D eigenvalue weighted by Crippen LogP contribution is -2.32. The number of hydrogen-bond donors (Lipinski definition) is 4. The summed E-state index contributed by atoms with van der Waals surface area (Å²) in [5.74, 6) is -0.854. The summed E-state index contributed by atoms with van der Waals surface area (Å²) in [7, 11) is 0. The summed E-state index contributed by atoms with van der Waals surface area (Å²) in [6.45, 7) is 3.80. The molecule has 0 aliphatic carbocycles. The number of nitrogens with one attached hydrogen (secondary N) is 2. The molecule has 2 amide bonds. The Bertz CT molecular complexity index is 1500. The van der Waals surface area contributed by atoms with E-state index in [0.29, 0.717) is 22.7 Å². The Morgan fingerprint density at radius 1 is 0.875 bits per heavy atom. The number of hydrogen-bond acceptors (Lipinski definition) is 6. The number of pyridine rings is 1. The summed E-state index contributed by atoms with van der Waals surface area (Å²) in [5, 5.41) is 26.9. The van der Waals surface area contributed by atoms with Crippen molar-refractivity contribution in [3.05, 3.63) is 89.2 Å². The van der Waals surface area contributed by atoms with E-state index in [-0.39, 0.29) is 28.7 Å². The van der Waals surface area contributed by atoms with Gasteiger partial charge in [-0.1, -0.05) is 36.2 Å². The Labute approximate surface area is 237 Å². The van der Waals surface area contributed by atoms with Crippen molar-refractivity contribution in [1.29, 1.82) is 0 Å². The number of rotatable bonds is 8. The molecular formula is C30H30ClN5O4. The highest BCUT2D eigenvalue weighted by Gasteiger charge is 2.19. The predicted octanol–water partition coefficient (Wildman–Crippen LogP) is 5.61. The minimum atomic E-state index is -0.559. The molecule has 5 rings (SSSR count). The van der Waals surface area contributed by atoms with Crippen LogP contribution in [0.1, 0.15) is 40.0 Å². The van der Waals surface area contributed by atoms with Crippen molar-refractivity contribution < 1.29 is 19.8 Å². The van der Waals surface area contributed by atoms with Crippen molar-refractivity contribution in [3.8, 4) is 22.8 Å². The SMILES string of the molecule is O=C(Nc1c(O)cccc1C(=O)Nc1ccc(Cl)cn1)c1ccc(-c2ccn(CCN3CCCCC3)c2O)cc1. The third-order valence-corrected chi connectivity index (χ3v) is 7.22. The van der Waals surface area contributed by atoms with Crippen LogP contribution in [0.25, 0.3) is 11.1 Å². The van der Waals surface area contributed by atoms with E-state index in [4.69, 9.17) is 11.6 Å². The molecule has 40 heavy (non-hydrogen) atoms. The molecule has 2 aromatic heterocycles. The van der Waals surface area contributed by atoms with Gasteiger partial charge >= 0.3 is 0 Å². The molecule has 3 heterocycles. The van der Waals surface area contributed by atoms with Crippen LogP contribution < -0.4 is 10.6 Å². The van der Waals surface area contributed by atoms with Crippen LogP contribution in [-0.4, -0.2) is 56.1 Å². The van der Waals surface area contributed by atoms with Gasteiger partial charge in [0, 0.05) is 36.6 Å². The monoisotopic (exact) mass is 559 g/mol. The summed E-state index contributed by atoms with van der Waals surface area (Å²) in [5.41, 5.74) is 1.82. The smallest absolute Gasteiger partial charge is 0.259 e. The number of halogens is 1. The van der Waals surface area contributed by atoms with Crippen LogP contribution in [0, 0.1) is 0 Å². The molecule has 0 unspecified atom stereocenters. The van der Waals surface area contributed by atoms with Crippen molar-refractivity contribution in [2.75, 3.05) is 30.3 Å². The second-order valence-corrected chi connectivity index (χ2v) is 10.1. The number of piperidine rings is 1. The lowest BCUT2D eigenvalue weighted by Gasteiger charge is -2.26. The molecule has 206 valence electrons. The molecule has 1 saturated heterocycles. The van der Waals surface area contributed by atoms with Gasteiger partial charge in [0.2, 0.25) is 0 Å². The quantitative estimate of drug-likeness (QED) is 0.208. The minimum Gasteiger partial charge on any atom is -0.506 e. The Morgan fingerprint density at radius 3 is 2.38 bits per heavy atom. The van der Waals surface area contributed by atoms with Gasteiger partial charge in [-0.05, 0) is 74.0 Å². The van der Waals surface area contributed by atoms with Gasteiger partial charge in [-0.25, -0.2) is 4.98 Å². The maximum atomic E-state index is 13.1. The molecule has 2 aromatic carbocycles. The predicted molar refractivity (Wildman–Crippen MR) is 155 cm³/mol. The van der Waals surface area contributed by atoms with Crippen molar-refractivity contribution in [3.63, 3.8) is 0 Å². The number of para-hydroxylation sites is 1. The normalized spacial score (nSPS) is 13.6. The number of phenols is 1. The van der Waals surface area contributed by atoms with Crippen LogP contribution in [-0.2, 0) is 6.54 Å². The zero-order chi connectivity index (χ0) is 28.1. The Morgan fingerprint density at radius 2 is 1.65 bits per heavy atom. The van der Waals surface area contributed by atoms with Crippen LogP contribution in [0.5, 0.6) is 11.6 Å². The third-order valence-electron chi connectivity index (χ3n) is 6.99. The van der Waals surface area contributed by atoms with Crippen LogP contribution in [0.3, 0.4) is 0 Å². The topological polar surface area (TPSA) is 120 Å². The van der Waals surface area contributed by atoms with E-state index in [0.717, 1.165) is 25.2 Å². The van der Waals surface area contributed by atoms with E-state index < -0.39 is 11.8 Å². The highest BCUT2D eigenvalue weighted by Crippen LogP contribution is 2.32. The lowest BCUT2D eigenvalue weighted by molar-refractivity contribution is 0.102. The molecule has 10 heteroatoms. The van der Waals surface area contributed by atoms with Crippen molar-refractivity contribution >= 4 is 34.9 Å². The number of nitrogens with zero attached hydrogens (tertiary/aromatic N) is 3. The maximum absolute atomic E-state index is 13.1. The molecular weight excluding hydrogens is 530 g/mol. The van der Waals surface area contributed by atoms with Gasteiger partial charge in [-0.2, -0.15) is 0 Å². The van der Waals surface area contributed by atoms with Gasteiger partial charge in [0.05, 0.1) is 16.3 Å². The van der Waals surface area contributed by atoms with Gasteiger partial charge in [0.1, 0.15) is 11.6 Å². The fourth-order valence-corrected chi connectivity index (χ4v) is 4.90. The molecule has 0 spiro atoms. The number of phenolic OH excluding ortho intramolecular Hbond substituents is 1. The number of benzene rings is 2. The average molecular weight is 560 g/mol. The number of aromatic hydroxyl groups is 2. The summed E-state index contributed by atoms with van der Waals surface area (Å²) in [4.78, 5) is 32.4. The first-order valence-corrected chi connectivity index (χ1v) is 13.5. The lowest BCUT2D eigenvalue weighted by atomic mass is 10.1. The van der Waals surface area contributed by atoms with E-state index in [1.165, 1.54) is 43.7 Å². The molecule has 0 bridgehead atoms. The van der Waals surface area contributed by atoms with Gasteiger partial charge < -0.3 is 30.3 Å². The Balaban J connectivity index is 1.26. The highest BCUT2D eigenvalue weighted by atomic mass is 35.5. The zero-order valence-electron chi connectivity index (χ0n) is 21.8. The van der Waals surface area contributed by atoms with E-state index >= 15 is 0 Å².